The number of tetrazole rings is 1. The molecule has 0 saturated heterocycles. The van der Waals surface area contributed by atoms with Crippen molar-refractivity contribution >= 4 is 22.9 Å². The molecular formula is C18H13N5O4. The number of nitrogens with zero attached hydrogens (tertiary/aromatic N) is 4. The minimum absolute atomic E-state index is 0.0365. The average molecular weight is 363 g/mol. The third kappa shape index (κ3) is 3.01. The summed E-state index contributed by atoms with van der Waals surface area (Å²) >= 11 is 0. The van der Waals surface area contributed by atoms with Gasteiger partial charge in [0.25, 0.3) is 0 Å². The summed E-state index contributed by atoms with van der Waals surface area (Å²) in [7, 11) is 1.53. The molecule has 2 aromatic carbocycles. The van der Waals surface area contributed by atoms with Crippen LogP contribution in [0, 0.1) is 0 Å². The van der Waals surface area contributed by atoms with E-state index in [1.807, 2.05) is 0 Å². The summed E-state index contributed by atoms with van der Waals surface area (Å²) in [4.78, 5) is 16.4. The van der Waals surface area contributed by atoms with E-state index in [0.717, 1.165) is 0 Å². The molecule has 134 valence electrons. The van der Waals surface area contributed by atoms with Gasteiger partial charge in [-0.3, -0.25) is 4.99 Å². The highest BCUT2D eigenvalue weighted by Gasteiger charge is 2.13. The third-order valence-corrected chi connectivity index (χ3v) is 3.93. The van der Waals surface area contributed by atoms with Crippen molar-refractivity contribution in [3.8, 4) is 22.9 Å². The van der Waals surface area contributed by atoms with Gasteiger partial charge in [-0.05, 0) is 35.5 Å². The molecule has 0 radical (unpaired) electrons. The minimum Gasteiger partial charge on any atom is -0.506 e. The van der Waals surface area contributed by atoms with Crippen molar-refractivity contribution < 1.29 is 14.3 Å². The van der Waals surface area contributed by atoms with E-state index in [-0.39, 0.29) is 11.3 Å². The van der Waals surface area contributed by atoms with Crippen LogP contribution in [-0.2, 0) is 0 Å². The zero-order valence-corrected chi connectivity index (χ0v) is 14.1. The molecule has 0 amide bonds. The fourth-order valence-corrected chi connectivity index (χ4v) is 2.63. The van der Waals surface area contributed by atoms with Gasteiger partial charge in [-0.15, -0.1) is 10.2 Å². The highest BCUT2D eigenvalue weighted by molar-refractivity contribution is 5.94. The second-order valence-electron chi connectivity index (χ2n) is 5.53. The van der Waals surface area contributed by atoms with Crippen LogP contribution in [0.2, 0.25) is 0 Å². The minimum atomic E-state index is -0.679. The molecule has 0 aliphatic heterocycles. The van der Waals surface area contributed by atoms with Crippen LogP contribution in [0.3, 0.4) is 0 Å². The number of aromatic hydroxyl groups is 1. The van der Waals surface area contributed by atoms with Gasteiger partial charge in [-0.25, -0.2) is 4.79 Å². The highest BCUT2D eigenvalue weighted by Crippen LogP contribution is 2.31. The molecule has 0 fully saturated rings. The van der Waals surface area contributed by atoms with E-state index in [1.165, 1.54) is 13.3 Å². The monoisotopic (exact) mass is 363 g/mol. The molecule has 4 aromatic rings. The Labute approximate surface area is 152 Å². The van der Waals surface area contributed by atoms with Crippen molar-refractivity contribution in [1.29, 1.82) is 0 Å². The summed E-state index contributed by atoms with van der Waals surface area (Å²) in [6.07, 6.45) is 1.26. The molecule has 0 aliphatic rings. The summed E-state index contributed by atoms with van der Waals surface area (Å²) in [5.74, 6) is 0.706. The molecule has 0 bridgehead atoms. The lowest BCUT2D eigenvalue weighted by Gasteiger charge is -2.06. The predicted molar refractivity (Wildman–Crippen MR) is 97.6 cm³/mol. The Morgan fingerprint density at radius 3 is 2.89 bits per heavy atom. The van der Waals surface area contributed by atoms with Crippen molar-refractivity contribution in [3.05, 3.63) is 58.4 Å². The van der Waals surface area contributed by atoms with Gasteiger partial charge in [-0.1, -0.05) is 12.1 Å². The Hall–Kier alpha value is -4.01. The number of fused-ring (bicyclic) bond motifs is 1. The van der Waals surface area contributed by atoms with Crippen LogP contribution < -0.4 is 10.4 Å². The second-order valence-corrected chi connectivity index (χ2v) is 5.53. The van der Waals surface area contributed by atoms with E-state index in [9.17, 15) is 9.90 Å². The largest absolute Gasteiger partial charge is 0.506 e. The lowest BCUT2D eigenvalue weighted by atomic mass is 10.1. The number of aromatic amines is 1. The standard InChI is InChI=1S/C18H13N5O4/c1-26-14-7-6-10(8-12(14)17-20-22-23-21-17)19-9-13-16(24)11-4-2-3-5-15(11)27-18(13)25/h2-9,24H,1H3,(H,20,21,22,23). The molecule has 0 unspecified atom stereocenters. The zero-order valence-electron chi connectivity index (χ0n) is 14.1. The maximum atomic E-state index is 12.2. The maximum Gasteiger partial charge on any atom is 0.348 e. The van der Waals surface area contributed by atoms with Crippen LogP contribution in [0.4, 0.5) is 5.69 Å². The van der Waals surface area contributed by atoms with E-state index in [2.05, 4.69) is 25.6 Å². The molecule has 0 spiro atoms. The lowest BCUT2D eigenvalue weighted by molar-refractivity contribution is 0.416. The fourth-order valence-electron chi connectivity index (χ4n) is 2.63. The highest BCUT2D eigenvalue weighted by atomic mass is 16.5. The number of methoxy groups -OCH3 is 1. The Morgan fingerprint density at radius 2 is 2.11 bits per heavy atom. The summed E-state index contributed by atoms with van der Waals surface area (Å²) in [6, 6.07) is 11.8. The van der Waals surface area contributed by atoms with Gasteiger partial charge < -0.3 is 14.3 Å². The van der Waals surface area contributed by atoms with Crippen LogP contribution in [0.5, 0.6) is 11.5 Å². The van der Waals surface area contributed by atoms with Gasteiger partial charge in [0.2, 0.25) is 5.82 Å². The first-order chi connectivity index (χ1) is 13.2. The Morgan fingerprint density at radius 1 is 1.26 bits per heavy atom. The van der Waals surface area contributed by atoms with Gasteiger partial charge in [-0.2, -0.15) is 5.21 Å². The first-order valence-electron chi connectivity index (χ1n) is 7.88. The summed E-state index contributed by atoms with van der Waals surface area (Å²) in [5, 5.41) is 24.6. The van der Waals surface area contributed by atoms with E-state index in [0.29, 0.717) is 33.8 Å². The number of aliphatic imine (C=N–C) groups is 1. The van der Waals surface area contributed by atoms with Crippen molar-refractivity contribution in [2.45, 2.75) is 0 Å². The second kappa shape index (κ2) is 6.71. The molecule has 2 N–H and O–H groups in total. The molecule has 27 heavy (non-hydrogen) atoms. The maximum absolute atomic E-state index is 12.2. The number of para-hydroxylation sites is 1. The SMILES string of the molecule is COc1ccc(N=Cc2c(O)c3ccccc3oc2=O)cc1-c1nn[nH]n1. The predicted octanol–water partition coefficient (Wildman–Crippen LogP) is 2.44. The number of nitrogens with one attached hydrogen (secondary N) is 1. The smallest absolute Gasteiger partial charge is 0.348 e. The third-order valence-electron chi connectivity index (χ3n) is 3.93. The number of aromatic nitrogens is 4. The van der Waals surface area contributed by atoms with Gasteiger partial charge in [0.15, 0.2) is 0 Å². The van der Waals surface area contributed by atoms with Crippen molar-refractivity contribution in [2.75, 3.05) is 7.11 Å². The Bertz CT molecular complexity index is 1200. The van der Waals surface area contributed by atoms with Gasteiger partial charge in [0.1, 0.15) is 22.6 Å². The van der Waals surface area contributed by atoms with Crippen LogP contribution >= 0.6 is 0 Å². The molecule has 0 atom stereocenters. The molecular weight excluding hydrogens is 350 g/mol. The number of hydrogen-bond donors (Lipinski definition) is 2. The number of benzene rings is 2. The van der Waals surface area contributed by atoms with Crippen molar-refractivity contribution in [3.63, 3.8) is 0 Å². The van der Waals surface area contributed by atoms with Crippen LogP contribution in [0.1, 0.15) is 5.56 Å². The molecule has 9 heteroatoms. The molecule has 2 aromatic heterocycles. The number of rotatable bonds is 4. The Balaban J connectivity index is 1.77. The van der Waals surface area contributed by atoms with E-state index >= 15 is 0 Å². The zero-order chi connectivity index (χ0) is 18.8. The summed E-state index contributed by atoms with van der Waals surface area (Å²) in [5.41, 5.74) is 0.673. The lowest BCUT2D eigenvalue weighted by Crippen LogP contribution is -2.06. The number of hydrogen-bond acceptors (Lipinski definition) is 8. The average Bonchev–Trinajstić information content (AvgIpc) is 3.22. The number of H-pyrrole nitrogens is 1. The molecule has 0 aliphatic carbocycles. The summed E-state index contributed by atoms with van der Waals surface area (Å²) < 4.78 is 10.5. The van der Waals surface area contributed by atoms with Crippen molar-refractivity contribution in [1.82, 2.24) is 20.6 Å². The molecule has 4 rings (SSSR count). The molecule has 2 heterocycles. The van der Waals surface area contributed by atoms with Crippen LogP contribution in [0.25, 0.3) is 22.4 Å². The quantitative estimate of drug-likeness (QED) is 0.421. The summed E-state index contributed by atoms with van der Waals surface area (Å²) in [6.45, 7) is 0. The first kappa shape index (κ1) is 16.5. The van der Waals surface area contributed by atoms with E-state index < -0.39 is 5.63 Å². The van der Waals surface area contributed by atoms with Gasteiger partial charge in [0, 0.05) is 6.21 Å². The van der Waals surface area contributed by atoms with Gasteiger partial charge >= 0.3 is 5.63 Å². The first-order valence-corrected chi connectivity index (χ1v) is 7.88. The van der Waals surface area contributed by atoms with Crippen molar-refractivity contribution in [2.24, 2.45) is 4.99 Å². The fraction of sp³-hybridized carbons (Fsp3) is 0.0556. The van der Waals surface area contributed by atoms with Crippen LogP contribution in [-0.4, -0.2) is 39.1 Å². The topological polar surface area (TPSA) is 126 Å². The molecule has 9 nitrogen and oxygen atoms in total. The molecule has 0 saturated carbocycles. The number of ether oxygens (including phenoxy) is 1. The normalized spacial score (nSPS) is 11.3. The van der Waals surface area contributed by atoms with E-state index in [1.54, 1.807) is 42.5 Å². The van der Waals surface area contributed by atoms with Crippen LogP contribution in [0.15, 0.2) is 56.7 Å². The Kier molecular flexibility index (Phi) is 4.09. The van der Waals surface area contributed by atoms with E-state index in [4.69, 9.17) is 9.15 Å². The van der Waals surface area contributed by atoms with Gasteiger partial charge in [0.05, 0.1) is 23.7 Å².